The van der Waals surface area contributed by atoms with Crippen LogP contribution < -0.4 is 5.32 Å². The van der Waals surface area contributed by atoms with Crippen molar-refractivity contribution in [2.24, 2.45) is 0 Å². The van der Waals surface area contributed by atoms with Crippen LogP contribution in [0.2, 0.25) is 0 Å². The van der Waals surface area contributed by atoms with Crippen molar-refractivity contribution in [3.05, 3.63) is 34.1 Å². The quantitative estimate of drug-likeness (QED) is 0.923. The Morgan fingerprint density at radius 3 is 2.71 bits per heavy atom. The van der Waals surface area contributed by atoms with Gasteiger partial charge in [0.2, 0.25) is 0 Å². The first kappa shape index (κ1) is 13.0. The zero-order valence-corrected chi connectivity index (χ0v) is 11.6. The highest BCUT2D eigenvalue weighted by Crippen LogP contribution is 2.27. The third-order valence-corrected chi connectivity index (χ3v) is 3.92. The van der Waals surface area contributed by atoms with Crippen molar-refractivity contribution < 1.29 is 4.39 Å². The summed E-state index contributed by atoms with van der Waals surface area (Å²) in [7, 11) is 0. The molecule has 0 saturated carbocycles. The lowest BCUT2D eigenvalue weighted by Gasteiger charge is -2.34. The van der Waals surface area contributed by atoms with E-state index >= 15 is 0 Å². The van der Waals surface area contributed by atoms with Crippen molar-refractivity contribution in [2.45, 2.75) is 19.4 Å². The Kier molecular flexibility index (Phi) is 4.54. The van der Waals surface area contributed by atoms with Crippen molar-refractivity contribution in [1.82, 2.24) is 10.2 Å². The molecule has 2 rings (SSSR count). The van der Waals surface area contributed by atoms with E-state index in [1.54, 1.807) is 6.07 Å². The molecule has 1 aliphatic heterocycles. The average molecular weight is 301 g/mol. The van der Waals surface area contributed by atoms with Crippen LogP contribution in [0.25, 0.3) is 0 Å². The molecule has 0 spiro atoms. The molecule has 1 saturated heterocycles. The van der Waals surface area contributed by atoms with E-state index in [1.807, 2.05) is 12.1 Å². The first-order valence-corrected chi connectivity index (χ1v) is 6.91. The maximum atomic E-state index is 13.2. The van der Waals surface area contributed by atoms with Gasteiger partial charge in [0.25, 0.3) is 0 Å². The van der Waals surface area contributed by atoms with Crippen LogP contribution in [-0.2, 0) is 0 Å². The third kappa shape index (κ3) is 3.06. The highest BCUT2D eigenvalue weighted by Gasteiger charge is 2.20. The van der Waals surface area contributed by atoms with Gasteiger partial charge in [0.1, 0.15) is 5.82 Å². The second-order valence-corrected chi connectivity index (χ2v) is 5.24. The molecule has 0 bridgehead atoms. The van der Waals surface area contributed by atoms with E-state index in [9.17, 15) is 4.39 Å². The number of benzene rings is 1. The van der Waals surface area contributed by atoms with Gasteiger partial charge in [-0.3, -0.25) is 4.90 Å². The van der Waals surface area contributed by atoms with Crippen LogP contribution in [0.15, 0.2) is 22.7 Å². The summed E-state index contributed by atoms with van der Waals surface area (Å²) in [6, 6.07) is 5.75. The summed E-state index contributed by atoms with van der Waals surface area (Å²) in [5.41, 5.74) is 1.20. The topological polar surface area (TPSA) is 15.3 Å². The molecule has 0 aliphatic carbocycles. The standard InChI is InChI=1S/C13H18BrFN2/c1-2-13(17-7-5-16-6-8-17)10-3-4-12(15)11(14)9-10/h3-4,9,13,16H,2,5-8H2,1H3/t13-/m1/s1. The maximum absolute atomic E-state index is 13.2. The molecule has 0 radical (unpaired) electrons. The van der Waals surface area contributed by atoms with Gasteiger partial charge in [0.15, 0.2) is 0 Å². The summed E-state index contributed by atoms with van der Waals surface area (Å²) in [6.45, 7) is 6.39. The Bertz CT molecular complexity index is 378. The number of hydrogen-bond acceptors (Lipinski definition) is 2. The van der Waals surface area contributed by atoms with Gasteiger partial charge in [-0.25, -0.2) is 4.39 Å². The van der Waals surface area contributed by atoms with Gasteiger partial charge < -0.3 is 5.32 Å². The molecule has 1 atom stereocenters. The largest absolute Gasteiger partial charge is 0.314 e. The molecule has 1 aromatic carbocycles. The highest BCUT2D eigenvalue weighted by molar-refractivity contribution is 9.10. The second kappa shape index (κ2) is 5.94. The number of piperazine rings is 1. The molecular formula is C13H18BrFN2. The zero-order chi connectivity index (χ0) is 12.3. The molecule has 2 nitrogen and oxygen atoms in total. The third-order valence-electron chi connectivity index (χ3n) is 3.31. The number of nitrogens with one attached hydrogen (secondary N) is 1. The fraction of sp³-hybridized carbons (Fsp3) is 0.538. The minimum Gasteiger partial charge on any atom is -0.314 e. The smallest absolute Gasteiger partial charge is 0.137 e. The summed E-state index contributed by atoms with van der Waals surface area (Å²) >= 11 is 3.26. The van der Waals surface area contributed by atoms with E-state index in [0.717, 1.165) is 32.6 Å². The van der Waals surface area contributed by atoms with Gasteiger partial charge in [-0.1, -0.05) is 13.0 Å². The summed E-state index contributed by atoms with van der Waals surface area (Å²) in [5, 5.41) is 3.35. The molecule has 1 heterocycles. The number of nitrogens with zero attached hydrogens (tertiary/aromatic N) is 1. The molecular weight excluding hydrogens is 283 g/mol. The lowest BCUT2D eigenvalue weighted by molar-refractivity contribution is 0.169. The molecule has 94 valence electrons. The molecule has 1 fully saturated rings. The molecule has 1 aromatic rings. The molecule has 0 aromatic heterocycles. The van der Waals surface area contributed by atoms with Gasteiger partial charge in [-0.2, -0.15) is 0 Å². The predicted octanol–water partition coefficient (Wildman–Crippen LogP) is 2.94. The van der Waals surface area contributed by atoms with Crippen LogP contribution in [0.3, 0.4) is 0 Å². The van der Waals surface area contributed by atoms with E-state index in [0.29, 0.717) is 10.5 Å². The molecule has 0 amide bonds. The lowest BCUT2D eigenvalue weighted by Crippen LogP contribution is -2.45. The fourth-order valence-corrected chi connectivity index (χ4v) is 2.81. The van der Waals surface area contributed by atoms with Crippen molar-refractivity contribution in [1.29, 1.82) is 0 Å². The predicted molar refractivity (Wildman–Crippen MR) is 71.6 cm³/mol. The van der Waals surface area contributed by atoms with Gasteiger partial charge in [0.05, 0.1) is 4.47 Å². The van der Waals surface area contributed by atoms with Crippen LogP contribution in [0.1, 0.15) is 24.9 Å². The van der Waals surface area contributed by atoms with Crippen LogP contribution in [0, 0.1) is 5.82 Å². The molecule has 1 N–H and O–H groups in total. The Morgan fingerprint density at radius 2 is 2.12 bits per heavy atom. The average Bonchev–Trinajstić information content (AvgIpc) is 2.36. The van der Waals surface area contributed by atoms with E-state index in [4.69, 9.17) is 0 Å². The molecule has 4 heteroatoms. The molecule has 1 aliphatic rings. The van der Waals surface area contributed by atoms with Crippen LogP contribution in [0.5, 0.6) is 0 Å². The maximum Gasteiger partial charge on any atom is 0.137 e. The molecule has 0 unspecified atom stereocenters. The Labute approximate surface area is 110 Å². The number of rotatable bonds is 3. The fourth-order valence-electron chi connectivity index (χ4n) is 2.42. The highest BCUT2D eigenvalue weighted by atomic mass is 79.9. The Hall–Kier alpha value is -0.450. The van der Waals surface area contributed by atoms with Gasteiger partial charge in [-0.15, -0.1) is 0 Å². The summed E-state index contributed by atoms with van der Waals surface area (Å²) in [5.74, 6) is -0.191. The minimum absolute atomic E-state index is 0.191. The first-order valence-electron chi connectivity index (χ1n) is 6.12. The normalized spacial score (nSPS) is 19.2. The second-order valence-electron chi connectivity index (χ2n) is 4.38. The van der Waals surface area contributed by atoms with Crippen LogP contribution >= 0.6 is 15.9 Å². The lowest BCUT2D eigenvalue weighted by atomic mass is 10.0. The minimum atomic E-state index is -0.191. The summed E-state index contributed by atoms with van der Waals surface area (Å²) in [6.07, 6.45) is 1.05. The number of halogens is 2. The van der Waals surface area contributed by atoms with E-state index in [-0.39, 0.29) is 5.82 Å². The van der Waals surface area contributed by atoms with Crippen molar-refractivity contribution >= 4 is 15.9 Å². The van der Waals surface area contributed by atoms with Gasteiger partial charge in [0, 0.05) is 32.2 Å². The van der Waals surface area contributed by atoms with Crippen LogP contribution in [-0.4, -0.2) is 31.1 Å². The number of hydrogen-bond donors (Lipinski definition) is 1. The molecule has 17 heavy (non-hydrogen) atoms. The summed E-state index contributed by atoms with van der Waals surface area (Å²) < 4.78 is 13.8. The first-order chi connectivity index (χ1) is 8.22. The van der Waals surface area contributed by atoms with Crippen LogP contribution in [0.4, 0.5) is 4.39 Å². The van der Waals surface area contributed by atoms with Crippen molar-refractivity contribution in [3.8, 4) is 0 Å². The van der Waals surface area contributed by atoms with Crippen molar-refractivity contribution in [2.75, 3.05) is 26.2 Å². The Morgan fingerprint density at radius 1 is 1.41 bits per heavy atom. The summed E-state index contributed by atoms with van der Waals surface area (Å²) in [4.78, 5) is 2.47. The SMILES string of the molecule is CC[C@H](c1ccc(F)c(Br)c1)N1CCNCC1. The van der Waals surface area contributed by atoms with E-state index in [1.165, 1.54) is 5.56 Å². The van der Waals surface area contributed by atoms with E-state index < -0.39 is 0 Å². The monoisotopic (exact) mass is 300 g/mol. The van der Waals surface area contributed by atoms with Gasteiger partial charge >= 0.3 is 0 Å². The van der Waals surface area contributed by atoms with E-state index in [2.05, 4.69) is 33.1 Å². The zero-order valence-electron chi connectivity index (χ0n) is 10.0. The van der Waals surface area contributed by atoms with Gasteiger partial charge in [-0.05, 0) is 40.0 Å². The Balaban J connectivity index is 2.18. The van der Waals surface area contributed by atoms with Crippen molar-refractivity contribution in [3.63, 3.8) is 0 Å².